The molecule has 1 aromatic heterocycles. The van der Waals surface area contributed by atoms with Gasteiger partial charge in [-0.05, 0) is 47.4 Å². The van der Waals surface area contributed by atoms with Gasteiger partial charge in [0, 0.05) is 23.9 Å². The molecule has 1 amide bonds. The Morgan fingerprint density at radius 3 is 2.16 bits per heavy atom. The SMILES string of the molecule is Cn1cnnc1-c1ccc(NC(=O)c2ccc(C(C)(C)C)cc2)cc1. The van der Waals surface area contributed by atoms with Gasteiger partial charge >= 0.3 is 0 Å². The fourth-order valence-corrected chi connectivity index (χ4v) is 2.57. The summed E-state index contributed by atoms with van der Waals surface area (Å²) in [5.74, 6) is 0.669. The Morgan fingerprint density at radius 1 is 1.00 bits per heavy atom. The normalized spacial score (nSPS) is 11.4. The summed E-state index contributed by atoms with van der Waals surface area (Å²) >= 11 is 0. The molecule has 0 radical (unpaired) electrons. The predicted octanol–water partition coefficient (Wildman–Crippen LogP) is 4.03. The van der Waals surface area contributed by atoms with Crippen LogP contribution in [-0.4, -0.2) is 20.7 Å². The van der Waals surface area contributed by atoms with Crippen LogP contribution in [0.15, 0.2) is 54.9 Å². The minimum absolute atomic E-state index is 0.0741. The molecule has 0 atom stereocenters. The number of rotatable bonds is 3. The maximum absolute atomic E-state index is 12.4. The highest BCUT2D eigenvalue weighted by Crippen LogP contribution is 2.23. The molecule has 2 aromatic carbocycles. The molecule has 0 aliphatic carbocycles. The topological polar surface area (TPSA) is 59.8 Å². The number of carbonyl (C=O) groups is 1. The van der Waals surface area contributed by atoms with Gasteiger partial charge in [-0.2, -0.15) is 0 Å². The number of hydrogen-bond donors (Lipinski definition) is 1. The van der Waals surface area contributed by atoms with E-state index in [-0.39, 0.29) is 11.3 Å². The van der Waals surface area contributed by atoms with E-state index in [1.54, 1.807) is 6.33 Å². The third kappa shape index (κ3) is 3.76. The molecule has 25 heavy (non-hydrogen) atoms. The maximum Gasteiger partial charge on any atom is 0.255 e. The van der Waals surface area contributed by atoms with Crippen LogP contribution in [0.5, 0.6) is 0 Å². The van der Waals surface area contributed by atoms with Crippen LogP contribution in [0.1, 0.15) is 36.7 Å². The van der Waals surface area contributed by atoms with Crippen LogP contribution in [0, 0.1) is 0 Å². The number of nitrogens with zero attached hydrogens (tertiary/aromatic N) is 3. The average Bonchev–Trinajstić information content (AvgIpc) is 3.01. The molecule has 0 fully saturated rings. The highest BCUT2D eigenvalue weighted by Gasteiger charge is 2.14. The molecule has 1 N–H and O–H groups in total. The van der Waals surface area contributed by atoms with E-state index in [1.807, 2.05) is 60.1 Å². The number of aryl methyl sites for hydroxylation is 1. The summed E-state index contributed by atoms with van der Waals surface area (Å²) in [7, 11) is 1.90. The van der Waals surface area contributed by atoms with Crippen LogP contribution in [-0.2, 0) is 12.5 Å². The Morgan fingerprint density at radius 2 is 1.64 bits per heavy atom. The van der Waals surface area contributed by atoms with Gasteiger partial charge in [0.25, 0.3) is 5.91 Å². The van der Waals surface area contributed by atoms with Gasteiger partial charge < -0.3 is 9.88 Å². The zero-order chi connectivity index (χ0) is 18.0. The van der Waals surface area contributed by atoms with Gasteiger partial charge in [0.1, 0.15) is 6.33 Å². The molecular weight excluding hydrogens is 312 g/mol. The van der Waals surface area contributed by atoms with Crippen molar-refractivity contribution in [3.8, 4) is 11.4 Å². The Balaban J connectivity index is 1.72. The predicted molar refractivity (Wildman–Crippen MR) is 99.5 cm³/mol. The third-order valence-electron chi connectivity index (χ3n) is 4.13. The molecule has 0 spiro atoms. The molecule has 0 aliphatic heterocycles. The molecule has 0 bridgehead atoms. The van der Waals surface area contributed by atoms with Gasteiger partial charge in [0.05, 0.1) is 0 Å². The Kier molecular flexibility index (Phi) is 4.40. The molecule has 1 heterocycles. The van der Waals surface area contributed by atoms with E-state index in [4.69, 9.17) is 0 Å². The van der Waals surface area contributed by atoms with Crippen molar-refractivity contribution in [3.63, 3.8) is 0 Å². The monoisotopic (exact) mass is 334 g/mol. The molecular formula is C20H22N4O. The van der Waals surface area contributed by atoms with Crippen molar-refractivity contribution in [3.05, 3.63) is 66.0 Å². The number of aromatic nitrogens is 3. The second kappa shape index (κ2) is 6.51. The minimum Gasteiger partial charge on any atom is -0.322 e. The molecule has 0 aliphatic rings. The van der Waals surface area contributed by atoms with Crippen LogP contribution < -0.4 is 5.32 Å². The largest absolute Gasteiger partial charge is 0.322 e. The van der Waals surface area contributed by atoms with Gasteiger partial charge in [-0.25, -0.2) is 0 Å². The van der Waals surface area contributed by atoms with E-state index in [0.29, 0.717) is 5.56 Å². The van der Waals surface area contributed by atoms with Crippen molar-refractivity contribution in [2.45, 2.75) is 26.2 Å². The van der Waals surface area contributed by atoms with Crippen molar-refractivity contribution in [1.82, 2.24) is 14.8 Å². The minimum atomic E-state index is -0.119. The summed E-state index contributed by atoms with van der Waals surface area (Å²) in [6, 6.07) is 15.3. The number of anilines is 1. The lowest BCUT2D eigenvalue weighted by atomic mass is 9.87. The fraction of sp³-hybridized carbons (Fsp3) is 0.250. The van der Waals surface area contributed by atoms with Gasteiger partial charge in [-0.3, -0.25) is 4.79 Å². The Bertz CT molecular complexity index is 871. The first-order valence-corrected chi connectivity index (χ1v) is 8.21. The van der Waals surface area contributed by atoms with Gasteiger partial charge in [-0.1, -0.05) is 32.9 Å². The molecule has 0 saturated heterocycles. The lowest BCUT2D eigenvalue weighted by molar-refractivity contribution is 0.102. The van der Waals surface area contributed by atoms with E-state index in [9.17, 15) is 4.79 Å². The van der Waals surface area contributed by atoms with E-state index >= 15 is 0 Å². The van der Waals surface area contributed by atoms with Gasteiger partial charge in [0.15, 0.2) is 5.82 Å². The third-order valence-corrected chi connectivity index (χ3v) is 4.13. The average molecular weight is 334 g/mol. The van der Waals surface area contributed by atoms with Crippen LogP contribution in [0.3, 0.4) is 0 Å². The van der Waals surface area contributed by atoms with Crippen molar-refractivity contribution < 1.29 is 4.79 Å². The maximum atomic E-state index is 12.4. The smallest absolute Gasteiger partial charge is 0.255 e. The molecule has 128 valence electrons. The summed E-state index contributed by atoms with van der Waals surface area (Å²) < 4.78 is 1.85. The standard InChI is InChI=1S/C20H22N4O/c1-20(2,3)16-9-5-15(6-10-16)19(25)22-17-11-7-14(8-12-17)18-23-21-13-24(18)4/h5-13H,1-4H3,(H,22,25). The first-order chi connectivity index (χ1) is 11.8. The number of amides is 1. The lowest BCUT2D eigenvalue weighted by Crippen LogP contribution is -2.14. The molecule has 3 aromatic rings. The molecule has 0 unspecified atom stereocenters. The quantitative estimate of drug-likeness (QED) is 0.786. The van der Waals surface area contributed by atoms with Crippen LogP contribution in [0.4, 0.5) is 5.69 Å². The first-order valence-electron chi connectivity index (χ1n) is 8.21. The second-order valence-electron chi connectivity index (χ2n) is 7.12. The van der Waals surface area contributed by atoms with Crippen LogP contribution in [0.25, 0.3) is 11.4 Å². The molecule has 3 rings (SSSR count). The number of benzene rings is 2. The summed E-state index contributed by atoms with van der Waals surface area (Å²) in [5, 5.41) is 10.9. The van der Waals surface area contributed by atoms with Gasteiger partial charge in [0.2, 0.25) is 0 Å². The summed E-state index contributed by atoms with van der Waals surface area (Å²) in [6.45, 7) is 6.46. The zero-order valence-electron chi connectivity index (χ0n) is 14.9. The number of nitrogens with one attached hydrogen (secondary N) is 1. The Hall–Kier alpha value is -2.95. The number of hydrogen-bond acceptors (Lipinski definition) is 3. The Labute approximate surface area is 147 Å². The van der Waals surface area contributed by atoms with Crippen molar-refractivity contribution in [2.24, 2.45) is 7.05 Å². The summed E-state index contributed by atoms with van der Waals surface area (Å²) in [5.41, 5.74) is 3.62. The molecule has 0 saturated carbocycles. The first kappa shape index (κ1) is 16.9. The van der Waals surface area contributed by atoms with E-state index in [2.05, 4.69) is 36.3 Å². The molecule has 5 nitrogen and oxygen atoms in total. The second-order valence-corrected chi connectivity index (χ2v) is 7.12. The van der Waals surface area contributed by atoms with Crippen LogP contribution >= 0.6 is 0 Å². The van der Waals surface area contributed by atoms with Crippen molar-refractivity contribution >= 4 is 11.6 Å². The fourth-order valence-electron chi connectivity index (χ4n) is 2.57. The highest BCUT2D eigenvalue weighted by atomic mass is 16.1. The van der Waals surface area contributed by atoms with Crippen LogP contribution in [0.2, 0.25) is 0 Å². The molecule has 5 heteroatoms. The van der Waals surface area contributed by atoms with E-state index in [0.717, 1.165) is 17.1 Å². The highest BCUT2D eigenvalue weighted by molar-refractivity contribution is 6.04. The zero-order valence-corrected chi connectivity index (χ0v) is 14.9. The van der Waals surface area contributed by atoms with Crippen molar-refractivity contribution in [2.75, 3.05) is 5.32 Å². The van der Waals surface area contributed by atoms with Gasteiger partial charge in [-0.15, -0.1) is 10.2 Å². The van der Waals surface area contributed by atoms with Crippen molar-refractivity contribution in [1.29, 1.82) is 0 Å². The summed E-state index contributed by atoms with van der Waals surface area (Å²) in [6.07, 6.45) is 1.66. The number of carbonyl (C=O) groups excluding carboxylic acids is 1. The van der Waals surface area contributed by atoms with E-state index in [1.165, 1.54) is 5.56 Å². The lowest BCUT2D eigenvalue weighted by Gasteiger charge is -2.19. The summed E-state index contributed by atoms with van der Waals surface area (Å²) in [4.78, 5) is 12.4. The van der Waals surface area contributed by atoms with E-state index < -0.39 is 0 Å².